The minimum absolute atomic E-state index is 0.00361. The Hall–Kier alpha value is -4.26. The molecule has 14 heteroatoms. The van der Waals surface area contributed by atoms with Gasteiger partial charge in [0, 0.05) is 56.6 Å². The molecule has 0 spiro atoms. The Labute approximate surface area is 266 Å². The number of carbonyl (C=O) groups excluding carboxylic acids is 2. The van der Waals surface area contributed by atoms with Crippen LogP contribution in [-0.4, -0.2) is 85.7 Å². The largest absolute Gasteiger partial charge is 0.495 e. The number of carbonyl (C=O) groups is 2. The summed E-state index contributed by atoms with van der Waals surface area (Å²) in [5.41, 5.74) is 7.95. The van der Waals surface area contributed by atoms with Crippen LogP contribution in [0.3, 0.4) is 0 Å². The summed E-state index contributed by atoms with van der Waals surface area (Å²) in [6.07, 6.45) is 5.11. The third kappa shape index (κ3) is 7.44. The molecular weight excluding hydrogens is 607 g/mol. The Kier molecular flexibility index (Phi) is 11.1. The first-order chi connectivity index (χ1) is 21.2. The first-order valence-electron chi connectivity index (χ1n) is 14.0. The molecule has 1 fully saturated rings. The Morgan fingerprint density at radius 2 is 1.73 bits per heavy atom. The van der Waals surface area contributed by atoms with E-state index in [0.29, 0.717) is 36.7 Å². The number of nitrogens with two attached hydrogens (primary N) is 1. The number of anilines is 4. The number of urea groups is 1. The summed E-state index contributed by atoms with van der Waals surface area (Å²) in [6.45, 7) is 6.21. The Bertz CT molecular complexity index is 1500. The van der Waals surface area contributed by atoms with Crippen LogP contribution in [0.2, 0.25) is 10.0 Å². The van der Waals surface area contributed by atoms with Crippen LogP contribution in [-0.2, 0) is 6.42 Å². The van der Waals surface area contributed by atoms with Gasteiger partial charge in [-0.3, -0.25) is 9.69 Å². The second kappa shape index (κ2) is 15.0. The second-order valence-corrected chi connectivity index (χ2v) is 10.6. The van der Waals surface area contributed by atoms with E-state index >= 15 is 0 Å². The van der Waals surface area contributed by atoms with Crippen molar-refractivity contribution in [3.8, 4) is 11.5 Å². The molecule has 0 bridgehead atoms. The number of rotatable bonds is 10. The summed E-state index contributed by atoms with van der Waals surface area (Å²) in [5, 5.41) is 6.22. The van der Waals surface area contributed by atoms with Crippen LogP contribution < -0.4 is 30.7 Å². The van der Waals surface area contributed by atoms with E-state index in [1.54, 1.807) is 19.2 Å². The number of hydrogen-bond acceptors (Lipinski definition) is 9. The van der Waals surface area contributed by atoms with Crippen LogP contribution in [0.15, 0.2) is 48.9 Å². The van der Waals surface area contributed by atoms with Crippen molar-refractivity contribution in [2.75, 3.05) is 69.5 Å². The van der Waals surface area contributed by atoms with E-state index in [0.717, 1.165) is 30.9 Å². The number of hydrogen-bond donors (Lipinski definition) is 3. The summed E-state index contributed by atoms with van der Waals surface area (Å²) < 4.78 is 10.6. The lowest BCUT2D eigenvalue weighted by molar-refractivity contribution is 0.0643. The standard InChI is InChI=1S/C30H36Cl2N8O4/c1-5-39-11-13-40(14-12-39)29(41)20-8-9-21(19(15-20)7-6-10-33)36-24-17-25(35-18-34-24)38(2)30(42)37-28-26(31)22(43-3)16-23(44-4)27(28)32/h6,8-10,15-18H,5,7,11-14,33H2,1-4H3,(H,37,42)(H,34,35,36). The molecule has 3 amide bonds. The van der Waals surface area contributed by atoms with Crippen LogP contribution in [0.4, 0.5) is 27.8 Å². The van der Waals surface area contributed by atoms with Gasteiger partial charge in [-0.15, -0.1) is 0 Å². The van der Waals surface area contributed by atoms with Crippen LogP contribution in [0.1, 0.15) is 22.8 Å². The third-order valence-corrected chi connectivity index (χ3v) is 8.05. The fourth-order valence-electron chi connectivity index (χ4n) is 4.69. The van der Waals surface area contributed by atoms with E-state index < -0.39 is 6.03 Å². The molecule has 4 rings (SSSR count). The highest BCUT2D eigenvalue weighted by molar-refractivity contribution is 6.41. The number of ether oxygens (including phenoxy) is 2. The highest BCUT2D eigenvalue weighted by atomic mass is 35.5. The van der Waals surface area contributed by atoms with Gasteiger partial charge in [-0.2, -0.15) is 0 Å². The quantitative estimate of drug-likeness (QED) is 0.279. The molecule has 1 aromatic heterocycles. The number of allylic oxidation sites excluding steroid dienone is 1. The zero-order chi connectivity index (χ0) is 31.8. The average molecular weight is 644 g/mol. The lowest BCUT2D eigenvalue weighted by Gasteiger charge is -2.34. The highest BCUT2D eigenvalue weighted by Gasteiger charge is 2.23. The van der Waals surface area contributed by atoms with Crippen molar-refractivity contribution >= 4 is 58.2 Å². The predicted octanol–water partition coefficient (Wildman–Crippen LogP) is 5.01. The smallest absolute Gasteiger partial charge is 0.327 e. The van der Waals surface area contributed by atoms with E-state index in [1.165, 1.54) is 37.7 Å². The molecule has 3 aromatic rings. The molecule has 12 nitrogen and oxygen atoms in total. The fraction of sp³-hybridized carbons (Fsp3) is 0.333. The summed E-state index contributed by atoms with van der Waals surface area (Å²) in [5.74, 6) is 1.29. The number of benzene rings is 2. The maximum absolute atomic E-state index is 13.3. The maximum atomic E-state index is 13.3. The Balaban J connectivity index is 1.53. The van der Waals surface area contributed by atoms with Gasteiger partial charge in [0.25, 0.3) is 5.91 Å². The third-order valence-electron chi connectivity index (χ3n) is 7.30. The van der Waals surface area contributed by atoms with Crippen LogP contribution in [0, 0.1) is 0 Å². The van der Waals surface area contributed by atoms with Crippen LogP contribution >= 0.6 is 23.2 Å². The summed E-state index contributed by atoms with van der Waals surface area (Å²) in [7, 11) is 4.43. The molecule has 2 heterocycles. The predicted molar refractivity (Wildman–Crippen MR) is 174 cm³/mol. The second-order valence-electron chi connectivity index (χ2n) is 9.89. The van der Waals surface area contributed by atoms with Crippen LogP contribution in [0.25, 0.3) is 0 Å². The van der Waals surface area contributed by atoms with Crippen molar-refractivity contribution < 1.29 is 19.1 Å². The van der Waals surface area contributed by atoms with Gasteiger partial charge in [0.15, 0.2) is 0 Å². The Morgan fingerprint density at radius 3 is 2.34 bits per heavy atom. The number of amides is 3. The molecule has 0 aliphatic carbocycles. The monoisotopic (exact) mass is 642 g/mol. The molecule has 0 radical (unpaired) electrons. The molecule has 1 saturated heterocycles. The van der Waals surface area contributed by atoms with Gasteiger partial charge in [0.05, 0.1) is 19.9 Å². The lowest BCUT2D eigenvalue weighted by Crippen LogP contribution is -2.48. The Morgan fingerprint density at radius 1 is 1.05 bits per heavy atom. The van der Waals surface area contributed by atoms with Crippen molar-refractivity contribution in [3.63, 3.8) is 0 Å². The first kappa shape index (κ1) is 32.6. The van der Waals surface area contributed by atoms with E-state index in [4.69, 9.17) is 38.4 Å². The number of nitrogens with one attached hydrogen (secondary N) is 2. The summed E-state index contributed by atoms with van der Waals surface area (Å²) in [4.78, 5) is 40.5. The first-order valence-corrected chi connectivity index (χ1v) is 14.7. The molecule has 1 aliphatic heterocycles. The zero-order valence-corrected chi connectivity index (χ0v) is 26.6. The van der Waals surface area contributed by atoms with Gasteiger partial charge in [-0.25, -0.2) is 14.8 Å². The lowest BCUT2D eigenvalue weighted by atomic mass is 10.0. The van der Waals surface area contributed by atoms with Gasteiger partial charge in [0.1, 0.15) is 39.5 Å². The van der Waals surface area contributed by atoms with Crippen molar-refractivity contribution in [3.05, 3.63) is 70.1 Å². The fourth-order valence-corrected chi connectivity index (χ4v) is 5.28. The number of methoxy groups -OCH3 is 2. The summed E-state index contributed by atoms with van der Waals surface area (Å²) >= 11 is 12.8. The van der Waals surface area contributed by atoms with Crippen molar-refractivity contribution in [2.24, 2.45) is 5.73 Å². The van der Waals surface area contributed by atoms with E-state index in [-0.39, 0.29) is 33.1 Å². The molecule has 0 atom stereocenters. The van der Waals surface area contributed by atoms with Gasteiger partial charge in [-0.05, 0) is 42.9 Å². The van der Waals surface area contributed by atoms with Gasteiger partial charge in [-0.1, -0.05) is 36.2 Å². The molecule has 2 aromatic carbocycles. The molecule has 0 saturated carbocycles. The van der Waals surface area contributed by atoms with Crippen LogP contribution in [0.5, 0.6) is 11.5 Å². The van der Waals surface area contributed by atoms with Gasteiger partial charge >= 0.3 is 6.03 Å². The highest BCUT2D eigenvalue weighted by Crippen LogP contribution is 2.44. The minimum atomic E-state index is -0.565. The number of piperazine rings is 1. The van der Waals surface area contributed by atoms with Crippen molar-refractivity contribution in [1.29, 1.82) is 0 Å². The van der Waals surface area contributed by atoms with E-state index in [2.05, 4.69) is 32.4 Å². The SMILES string of the molecule is CCN1CCN(C(=O)c2ccc(Nc3cc(N(C)C(=O)Nc4c(Cl)c(OC)cc(OC)c4Cl)ncn3)c(CC=CN)c2)CC1. The normalized spacial score (nSPS) is 13.5. The molecule has 1 aliphatic rings. The zero-order valence-electron chi connectivity index (χ0n) is 25.1. The number of halogens is 2. The van der Waals surface area contributed by atoms with Crippen molar-refractivity contribution in [2.45, 2.75) is 13.3 Å². The number of nitrogens with zero attached hydrogens (tertiary/aromatic N) is 5. The maximum Gasteiger partial charge on any atom is 0.327 e. The van der Waals surface area contributed by atoms with Gasteiger partial charge < -0.3 is 35.6 Å². The molecule has 4 N–H and O–H groups in total. The average Bonchev–Trinajstić information content (AvgIpc) is 3.05. The molecule has 0 unspecified atom stereocenters. The summed E-state index contributed by atoms with van der Waals surface area (Å²) in [6, 6.07) is 8.08. The van der Waals surface area contributed by atoms with Crippen molar-refractivity contribution in [1.82, 2.24) is 19.8 Å². The number of likely N-dealkylation sites (N-methyl/N-ethyl adjacent to an activating group) is 1. The molecule has 234 valence electrons. The van der Waals surface area contributed by atoms with E-state index in [9.17, 15) is 9.59 Å². The van der Waals surface area contributed by atoms with E-state index in [1.807, 2.05) is 23.1 Å². The molecule has 44 heavy (non-hydrogen) atoms. The molecular formula is C30H36Cl2N8O4. The van der Waals surface area contributed by atoms with Gasteiger partial charge in [0.2, 0.25) is 0 Å². The minimum Gasteiger partial charge on any atom is -0.495 e. The number of aromatic nitrogens is 2. The topological polar surface area (TPSA) is 138 Å².